The standard InChI is InChI=1S/C15H20ClN3O3/c1-9(2)18-15(22)12(7-8-13(17)20)19-14(21)10-3-5-11(16)6-4-10/h3-6,9,12H,7-8H2,1-2H3,(H2,17,20)(H,18,22)(H,19,21). The van der Waals surface area contributed by atoms with E-state index in [2.05, 4.69) is 10.6 Å². The first-order chi connectivity index (χ1) is 10.3. The van der Waals surface area contributed by atoms with E-state index in [0.29, 0.717) is 10.6 Å². The molecule has 1 aromatic rings. The summed E-state index contributed by atoms with van der Waals surface area (Å²) in [6.45, 7) is 3.62. The fraction of sp³-hybridized carbons (Fsp3) is 0.400. The largest absolute Gasteiger partial charge is 0.370 e. The summed E-state index contributed by atoms with van der Waals surface area (Å²) in [5.74, 6) is -1.29. The van der Waals surface area contributed by atoms with Crippen LogP contribution >= 0.6 is 11.6 Å². The molecule has 0 saturated carbocycles. The van der Waals surface area contributed by atoms with E-state index in [0.717, 1.165) is 0 Å². The number of primary amides is 1. The van der Waals surface area contributed by atoms with Crippen LogP contribution in [0.15, 0.2) is 24.3 Å². The maximum atomic E-state index is 12.2. The molecule has 1 rings (SSSR count). The smallest absolute Gasteiger partial charge is 0.251 e. The van der Waals surface area contributed by atoms with Gasteiger partial charge >= 0.3 is 0 Å². The van der Waals surface area contributed by atoms with Gasteiger partial charge in [-0.05, 0) is 44.5 Å². The average molecular weight is 326 g/mol. The third kappa shape index (κ3) is 6.13. The normalized spacial score (nSPS) is 11.8. The van der Waals surface area contributed by atoms with Crippen LogP contribution in [0.2, 0.25) is 5.02 Å². The van der Waals surface area contributed by atoms with E-state index in [1.807, 2.05) is 13.8 Å². The zero-order valence-electron chi connectivity index (χ0n) is 12.6. The molecule has 22 heavy (non-hydrogen) atoms. The molecule has 0 spiro atoms. The second-order valence-corrected chi connectivity index (χ2v) is 5.64. The Bertz CT molecular complexity index is 543. The molecular formula is C15H20ClN3O3. The highest BCUT2D eigenvalue weighted by Crippen LogP contribution is 2.10. The summed E-state index contributed by atoms with van der Waals surface area (Å²) in [5, 5.41) is 5.83. The minimum Gasteiger partial charge on any atom is -0.370 e. The van der Waals surface area contributed by atoms with Crippen molar-refractivity contribution in [2.75, 3.05) is 0 Å². The van der Waals surface area contributed by atoms with Crippen LogP contribution in [-0.4, -0.2) is 29.8 Å². The van der Waals surface area contributed by atoms with Crippen LogP contribution in [0, 0.1) is 0 Å². The number of halogens is 1. The zero-order chi connectivity index (χ0) is 16.7. The number of carbonyl (C=O) groups excluding carboxylic acids is 3. The van der Waals surface area contributed by atoms with Crippen LogP contribution in [0.3, 0.4) is 0 Å². The number of hydrogen-bond acceptors (Lipinski definition) is 3. The third-order valence-electron chi connectivity index (χ3n) is 2.84. The molecule has 1 aromatic carbocycles. The summed E-state index contributed by atoms with van der Waals surface area (Å²) in [4.78, 5) is 35.1. The Balaban J connectivity index is 2.77. The maximum absolute atomic E-state index is 12.2. The molecule has 0 bridgehead atoms. The number of nitrogens with one attached hydrogen (secondary N) is 2. The van der Waals surface area contributed by atoms with E-state index in [1.54, 1.807) is 24.3 Å². The van der Waals surface area contributed by atoms with Crippen LogP contribution in [0.25, 0.3) is 0 Å². The maximum Gasteiger partial charge on any atom is 0.251 e. The molecule has 0 aromatic heterocycles. The third-order valence-corrected chi connectivity index (χ3v) is 3.09. The van der Waals surface area contributed by atoms with E-state index in [4.69, 9.17) is 17.3 Å². The summed E-state index contributed by atoms with van der Waals surface area (Å²) in [5.41, 5.74) is 5.48. The number of nitrogens with two attached hydrogens (primary N) is 1. The lowest BCUT2D eigenvalue weighted by molar-refractivity contribution is -0.124. The van der Waals surface area contributed by atoms with Gasteiger partial charge < -0.3 is 16.4 Å². The molecule has 1 atom stereocenters. The molecule has 0 radical (unpaired) electrons. The second-order valence-electron chi connectivity index (χ2n) is 5.20. The van der Waals surface area contributed by atoms with Crippen molar-refractivity contribution in [3.63, 3.8) is 0 Å². The predicted octanol–water partition coefficient (Wildman–Crippen LogP) is 1.23. The highest BCUT2D eigenvalue weighted by atomic mass is 35.5. The summed E-state index contributed by atoms with van der Waals surface area (Å²) >= 11 is 5.77. The van der Waals surface area contributed by atoms with Gasteiger partial charge in [-0.25, -0.2) is 0 Å². The summed E-state index contributed by atoms with van der Waals surface area (Å²) in [6, 6.07) is 5.40. The first kappa shape index (κ1) is 18.0. The molecule has 1 unspecified atom stereocenters. The van der Waals surface area contributed by atoms with E-state index >= 15 is 0 Å². The molecule has 6 nitrogen and oxygen atoms in total. The van der Waals surface area contributed by atoms with Gasteiger partial charge in [-0.2, -0.15) is 0 Å². The average Bonchev–Trinajstić information content (AvgIpc) is 2.42. The Labute approximate surface area is 134 Å². The molecular weight excluding hydrogens is 306 g/mol. The first-order valence-electron chi connectivity index (χ1n) is 6.94. The van der Waals surface area contributed by atoms with Gasteiger partial charge in [0.2, 0.25) is 11.8 Å². The summed E-state index contributed by atoms with van der Waals surface area (Å²) < 4.78 is 0. The van der Waals surface area contributed by atoms with E-state index < -0.39 is 17.9 Å². The van der Waals surface area contributed by atoms with Crippen LogP contribution < -0.4 is 16.4 Å². The van der Waals surface area contributed by atoms with Crippen molar-refractivity contribution in [1.29, 1.82) is 0 Å². The summed E-state index contributed by atoms with van der Waals surface area (Å²) in [6.07, 6.45) is 0.157. The van der Waals surface area contributed by atoms with Crippen LogP contribution in [0.5, 0.6) is 0 Å². The number of rotatable bonds is 7. The zero-order valence-corrected chi connectivity index (χ0v) is 13.3. The van der Waals surface area contributed by atoms with Gasteiger partial charge in [0.15, 0.2) is 0 Å². The fourth-order valence-corrected chi connectivity index (χ4v) is 1.91. The fourth-order valence-electron chi connectivity index (χ4n) is 1.78. The quantitative estimate of drug-likeness (QED) is 0.702. The molecule has 0 fully saturated rings. The number of hydrogen-bond donors (Lipinski definition) is 3. The first-order valence-corrected chi connectivity index (χ1v) is 7.32. The van der Waals surface area contributed by atoms with Gasteiger partial charge in [-0.3, -0.25) is 14.4 Å². The highest BCUT2D eigenvalue weighted by molar-refractivity contribution is 6.30. The van der Waals surface area contributed by atoms with Gasteiger partial charge in [0.1, 0.15) is 6.04 Å². The number of benzene rings is 1. The van der Waals surface area contributed by atoms with Crippen LogP contribution in [0.4, 0.5) is 0 Å². The van der Waals surface area contributed by atoms with Crippen LogP contribution in [-0.2, 0) is 9.59 Å². The second kappa shape index (κ2) is 8.38. The monoisotopic (exact) mass is 325 g/mol. The predicted molar refractivity (Wildman–Crippen MR) is 84.4 cm³/mol. The molecule has 0 aliphatic carbocycles. The lowest BCUT2D eigenvalue weighted by Crippen LogP contribution is -2.48. The van der Waals surface area contributed by atoms with Gasteiger partial charge in [0.05, 0.1) is 0 Å². The van der Waals surface area contributed by atoms with Crippen molar-refractivity contribution >= 4 is 29.3 Å². The number of carbonyl (C=O) groups is 3. The minimum absolute atomic E-state index is 0.0110. The van der Waals surface area contributed by atoms with E-state index in [9.17, 15) is 14.4 Å². The summed E-state index contributed by atoms with van der Waals surface area (Å²) in [7, 11) is 0. The Morgan fingerprint density at radius 3 is 2.23 bits per heavy atom. The van der Waals surface area contributed by atoms with Gasteiger partial charge in [0.25, 0.3) is 5.91 Å². The van der Waals surface area contributed by atoms with Crippen molar-refractivity contribution < 1.29 is 14.4 Å². The van der Waals surface area contributed by atoms with Crippen molar-refractivity contribution in [2.24, 2.45) is 5.73 Å². The van der Waals surface area contributed by atoms with Gasteiger partial charge in [-0.1, -0.05) is 11.6 Å². The highest BCUT2D eigenvalue weighted by Gasteiger charge is 2.22. The molecule has 0 aliphatic rings. The van der Waals surface area contributed by atoms with Gasteiger partial charge in [0, 0.05) is 23.0 Å². The van der Waals surface area contributed by atoms with Gasteiger partial charge in [-0.15, -0.1) is 0 Å². The molecule has 7 heteroatoms. The van der Waals surface area contributed by atoms with Crippen molar-refractivity contribution in [2.45, 2.75) is 38.8 Å². The molecule has 120 valence electrons. The molecule has 0 aliphatic heterocycles. The SMILES string of the molecule is CC(C)NC(=O)C(CCC(N)=O)NC(=O)c1ccc(Cl)cc1. The Kier molecular flexibility index (Phi) is 6.85. The topological polar surface area (TPSA) is 101 Å². The molecule has 0 saturated heterocycles. The van der Waals surface area contributed by atoms with Crippen molar-refractivity contribution in [3.05, 3.63) is 34.9 Å². The van der Waals surface area contributed by atoms with Crippen molar-refractivity contribution in [1.82, 2.24) is 10.6 Å². The Morgan fingerprint density at radius 2 is 1.73 bits per heavy atom. The van der Waals surface area contributed by atoms with E-state index in [-0.39, 0.29) is 24.8 Å². The Morgan fingerprint density at radius 1 is 1.14 bits per heavy atom. The van der Waals surface area contributed by atoms with E-state index in [1.165, 1.54) is 0 Å². The Hall–Kier alpha value is -2.08. The minimum atomic E-state index is -0.821. The molecule has 3 amide bonds. The van der Waals surface area contributed by atoms with Crippen LogP contribution in [0.1, 0.15) is 37.0 Å². The lowest BCUT2D eigenvalue weighted by Gasteiger charge is -2.19. The number of amides is 3. The molecule has 0 heterocycles. The van der Waals surface area contributed by atoms with Crippen molar-refractivity contribution in [3.8, 4) is 0 Å². The lowest BCUT2D eigenvalue weighted by atomic mass is 10.1. The molecule has 4 N–H and O–H groups in total.